The molecule has 2 aliphatic heterocycles. The zero-order valence-electron chi connectivity index (χ0n) is 10.9. The van der Waals surface area contributed by atoms with Gasteiger partial charge in [-0.05, 0) is 44.2 Å². The lowest BCUT2D eigenvalue weighted by atomic mass is 10.0. The summed E-state index contributed by atoms with van der Waals surface area (Å²) in [4.78, 5) is 0. The zero-order chi connectivity index (χ0) is 12.3. The molecule has 108 valence electrons. The summed E-state index contributed by atoms with van der Waals surface area (Å²) in [5, 5.41) is 3.25. The van der Waals surface area contributed by atoms with Gasteiger partial charge in [0.05, 0.1) is 0 Å². The maximum absolute atomic E-state index is 12.0. The van der Waals surface area contributed by atoms with Crippen molar-refractivity contribution in [1.29, 1.82) is 0 Å². The maximum Gasteiger partial charge on any atom is 0.279 e. The summed E-state index contributed by atoms with van der Waals surface area (Å²) in [5.74, 6) is 1.11. The highest BCUT2D eigenvalue weighted by atomic mass is 35.5. The van der Waals surface area contributed by atoms with Crippen molar-refractivity contribution in [2.75, 3.05) is 32.7 Å². The van der Waals surface area contributed by atoms with Crippen molar-refractivity contribution < 1.29 is 8.42 Å². The van der Waals surface area contributed by atoms with Crippen molar-refractivity contribution in [3.63, 3.8) is 0 Å². The van der Waals surface area contributed by atoms with E-state index in [1.54, 1.807) is 4.31 Å². The number of nitrogens with zero attached hydrogens (tertiary/aromatic N) is 1. The van der Waals surface area contributed by atoms with Gasteiger partial charge in [-0.15, -0.1) is 12.4 Å². The van der Waals surface area contributed by atoms with Crippen LogP contribution in [-0.2, 0) is 10.2 Å². The van der Waals surface area contributed by atoms with Gasteiger partial charge in [-0.25, -0.2) is 4.72 Å². The van der Waals surface area contributed by atoms with Crippen LogP contribution >= 0.6 is 12.4 Å². The van der Waals surface area contributed by atoms with E-state index in [9.17, 15) is 8.42 Å². The van der Waals surface area contributed by atoms with Crippen LogP contribution in [0.4, 0.5) is 0 Å². The van der Waals surface area contributed by atoms with Gasteiger partial charge in [-0.2, -0.15) is 12.7 Å². The van der Waals surface area contributed by atoms with E-state index >= 15 is 0 Å². The summed E-state index contributed by atoms with van der Waals surface area (Å²) in [7, 11) is -3.24. The van der Waals surface area contributed by atoms with Crippen LogP contribution in [0.15, 0.2) is 0 Å². The third-order valence-corrected chi connectivity index (χ3v) is 5.38. The van der Waals surface area contributed by atoms with Gasteiger partial charge in [0.25, 0.3) is 10.2 Å². The zero-order valence-corrected chi connectivity index (χ0v) is 12.5. The van der Waals surface area contributed by atoms with Crippen LogP contribution in [0.5, 0.6) is 0 Å². The molecule has 0 amide bonds. The molecule has 0 aromatic rings. The van der Waals surface area contributed by atoms with Crippen LogP contribution in [0.2, 0.25) is 0 Å². The molecule has 18 heavy (non-hydrogen) atoms. The van der Waals surface area contributed by atoms with Crippen LogP contribution in [0.1, 0.15) is 26.2 Å². The monoisotopic (exact) mass is 297 g/mol. The molecule has 2 rings (SSSR count). The first-order valence-corrected chi connectivity index (χ1v) is 7.97. The Kier molecular flexibility index (Phi) is 6.34. The van der Waals surface area contributed by atoms with E-state index in [0.29, 0.717) is 31.5 Å². The summed E-state index contributed by atoms with van der Waals surface area (Å²) in [6.45, 7) is 6.02. The van der Waals surface area contributed by atoms with Crippen molar-refractivity contribution in [3.8, 4) is 0 Å². The first-order valence-electron chi connectivity index (χ1n) is 6.53. The molecule has 2 fully saturated rings. The lowest BCUT2D eigenvalue weighted by Gasteiger charge is -2.29. The normalized spacial score (nSPS) is 27.1. The second-order valence-electron chi connectivity index (χ2n) is 5.29. The minimum atomic E-state index is -3.24. The largest absolute Gasteiger partial charge is 0.316 e. The second kappa shape index (κ2) is 7.05. The van der Waals surface area contributed by atoms with Gasteiger partial charge in [0.2, 0.25) is 0 Å². The van der Waals surface area contributed by atoms with Crippen LogP contribution in [0.25, 0.3) is 0 Å². The Bertz CT molecular complexity index is 336. The third-order valence-electron chi connectivity index (χ3n) is 3.80. The molecule has 2 aliphatic rings. The Hall–Kier alpha value is 0.120. The van der Waals surface area contributed by atoms with E-state index in [2.05, 4.69) is 17.0 Å². The minimum Gasteiger partial charge on any atom is -0.316 e. The Morgan fingerprint density at radius 1 is 1.28 bits per heavy atom. The predicted octanol–water partition coefficient (Wildman–Crippen LogP) is 0.584. The molecule has 0 spiro atoms. The average molecular weight is 298 g/mol. The van der Waals surface area contributed by atoms with Gasteiger partial charge in [-0.1, -0.05) is 6.92 Å². The molecule has 7 heteroatoms. The van der Waals surface area contributed by atoms with Gasteiger partial charge in [-0.3, -0.25) is 0 Å². The molecule has 0 bridgehead atoms. The maximum atomic E-state index is 12.0. The van der Waals surface area contributed by atoms with E-state index in [4.69, 9.17) is 0 Å². The summed E-state index contributed by atoms with van der Waals surface area (Å²) in [5.41, 5.74) is 0. The smallest absolute Gasteiger partial charge is 0.279 e. The summed E-state index contributed by atoms with van der Waals surface area (Å²) in [6.07, 6.45) is 3.03. The van der Waals surface area contributed by atoms with E-state index < -0.39 is 10.2 Å². The quantitative estimate of drug-likeness (QED) is 0.798. The molecular weight excluding hydrogens is 274 g/mol. The van der Waals surface area contributed by atoms with E-state index in [1.165, 1.54) is 0 Å². The van der Waals surface area contributed by atoms with Crippen molar-refractivity contribution >= 4 is 22.6 Å². The molecule has 5 nitrogen and oxygen atoms in total. The molecule has 1 atom stereocenters. The van der Waals surface area contributed by atoms with Gasteiger partial charge < -0.3 is 5.32 Å². The molecule has 2 N–H and O–H groups in total. The molecule has 0 aromatic heterocycles. The van der Waals surface area contributed by atoms with E-state index in [1.807, 2.05) is 0 Å². The molecule has 0 aromatic carbocycles. The van der Waals surface area contributed by atoms with E-state index in [-0.39, 0.29) is 12.4 Å². The van der Waals surface area contributed by atoms with Crippen LogP contribution in [0.3, 0.4) is 0 Å². The molecule has 2 heterocycles. The number of rotatable bonds is 4. The Morgan fingerprint density at radius 2 is 1.94 bits per heavy atom. The standard InChI is InChI=1S/C11H23N3O2S.ClH/c1-10-3-6-14(7-4-10)17(15,16)13-9-11-2-5-12-8-11;/h10-13H,2-9H2,1H3;1H. The number of hydrogen-bond acceptors (Lipinski definition) is 3. The molecule has 0 aliphatic carbocycles. The Balaban J connectivity index is 0.00000162. The average Bonchev–Trinajstić information content (AvgIpc) is 2.80. The lowest BCUT2D eigenvalue weighted by molar-refractivity contribution is 0.284. The van der Waals surface area contributed by atoms with Crippen molar-refractivity contribution in [1.82, 2.24) is 14.3 Å². The fraction of sp³-hybridized carbons (Fsp3) is 1.00. The van der Waals surface area contributed by atoms with E-state index in [0.717, 1.165) is 32.4 Å². The number of hydrogen-bond donors (Lipinski definition) is 2. The molecular formula is C11H24ClN3O2S. The summed E-state index contributed by atoms with van der Waals surface area (Å²) in [6, 6.07) is 0. The van der Waals surface area contributed by atoms with Crippen molar-refractivity contribution in [3.05, 3.63) is 0 Å². The topological polar surface area (TPSA) is 61.4 Å². The fourth-order valence-corrected chi connectivity index (χ4v) is 3.75. The molecule has 1 unspecified atom stereocenters. The van der Waals surface area contributed by atoms with Crippen molar-refractivity contribution in [2.45, 2.75) is 26.2 Å². The highest BCUT2D eigenvalue weighted by Crippen LogP contribution is 2.18. The highest BCUT2D eigenvalue weighted by molar-refractivity contribution is 7.87. The van der Waals surface area contributed by atoms with Gasteiger partial charge >= 0.3 is 0 Å². The van der Waals surface area contributed by atoms with Crippen LogP contribution in [-0.4, -0.2) is 45.4 Å². The van der Waals surface area contributed by atoms with Gasteiger partial charge in [0.1, 0.15) is 0 Å². The summed E-state index contributed by atoms with van der Waals surface area (Å²) < 4.78 is 28.4. The SMILES string of the molecule is CC1CCN(S(=O)(=O)NCC2CCNC2)CC1.Cl. The van der Waals surface area contributed by atoms with Gasteiger partial charge in [0, 0.05) is 19.6 Å². The Labute approximate surface area is 116 Å². The first-order chi connectivity index (χ1) is 8.08. The molecule has 0 saturated carbocycles. The first kappa shape index (κ1) is 16.2. The van der Waals surface area contributed by atoms with Crippen LogP contribution < -0.4 is 10.0 Å². The number of nitrogens with one attached hydrogen (secondary N) is 2. The predicted molar refractivity (Wildman–Crippen MR) is 75.1 cm³/mol. The molecule has 0 radical (unpaired) electrons. The second-order valence-corrected chi connectivity index (χ2v) is 7.05. The highest BCUT2D eigenvalue weighted by Gasteiger charge is 2.27. The number of halogens is 1. The minimum absolute atomic E-state index is 0. The van der Waals surface area contributed by atoms with Crippen LogP contribution in [0, 0.1) is 11.8 Å². The summed E-state index contributed by atoms with van der Waals surface area (Å²) >= 11 is 0. The number of piperidine rings is 1. The fourth-order valence-electron chi connectivity index (χ4n) is 2.43. The Morgan fingerprint density at radius 3 is 2.50 bits per heavy atom. The van der Waals surface area contributed by atoms with Gasteiger partial charge in [0.15, 0.2) is 0 Å². The lowest BCUT2D eigenvalue weighted by Crippen LogP contribution is -2.46. The third kappa shape index (κ3) is 4.35. The molecule has 2 saturated heterocycles. The van der Waals surface area contributed by atoms with Crippen molar-refractivity contribution in [2.24, 2.45) is 11.8 Å².